The van der Waals surface area contributed by atoms with Crippen molar-refractivity contribution in [2.24, 2.45) is 5.73 Å². The van der Waals surface area contributed by atoms with E-state index < -0.39 is 5.82 Å². The summed E-state index contributed by atoms with van der Waals surface area (Å²) in [6.07, 6.45) is 2.08. The van der Waals surface area contributed by atoms with E-state index in [1.54, 1.807) is 18.4 Å². The second kappa shape index (κ2) is 4.90. The number of nitrogens with two attached hydrogens (primary N) is 1. The summed E-state index contributed by atoms with van der Waals surface area (Å²) in [6.45, 7) is 1.85. The van der Waals surface area contributed by atoms with Gasteiger partial charge < -0.3 is 10.2 Å². The van der Waals surface area contributed by atoms with Gasteiger partial charge in [-0.05, 0) is 31.0 Å². The minimum absolute atomic E-state index is 0.143. The fraction of sp³-hybridized carbons (Fsp3) is 0.231. The van der Waals surface area contributed by atoms with Crippen LogP contribution >= 0.6 is 11.6 Å². The van der Waals surface area contributed by atoms with Gasteiger partial charge in [-0.15, -0.1) is 0 Å². The molecule has 4 heteroatoms. The van der Waals surface area contributed by atoms with Gasteiger partial charge in [0.05, 0.1) is 11.3 Å². The molecule has 0 bridgehead atoms. The van der Waals surface area contributed by atoms with Crippen LogP contribution in [0.15, 0.2) is 34.9 Å². The van der Waals surface area contributed by atoms with E-state index in [1.807, 2.05) is 13.0 Å². The summed E-state index contributed by atoms with van der Waals surface area (Å²) in [5.41, 5.74) is 7.68. The highest BCUT2D eigenvalue weighted by molar-refractivity contribution is 6.31. The van der Waals surface area contributed by atoms with Gasteiger partial charge in [0.2, 0.25) is 0 Å². The molecule has 2 N–H and O–H groups in total. The smallest absolute Gasteiger partial charge is 0.142 e. The molecule has 1 unspecified atom stereocenters. The Labute approximate surface area is 104 Å². The summed E-state index contributed by atoms with van der Waals surface area (Å²) in [4.78, 5) is 0. The molecule has 1 aromatic heterocycles. The zero-order valence-electron chi connectivity index (χ0n) is 9.41. The molecule has 2 aromatic rings. The number of benzene rings is 1. The van der Waals surface area contributed by atoms with Gasteiger partial charge in [0.1, 0.15) is 11.6 Å². The van der Waals surface area contributed by atoms with Crippen molar-refractivity contribution in [1.82, 2.24) is 0 Å². The van der Waals surface area contributed by atoms with Crippen LogP contribution in [0.1, 0.15) is 22.9 Å². The minimum Gasteiger partial charge on any atom is -0.469 e. The molecular weight excluding hydrogens is 241 g/mol. The molecule has 0 saturated carbocycles. The second-order valence-electron chi connectivity index (χ2n) is 3.96. The lowest BCUT2D eigenvalue weighted by molar-refractivity contribution is 0.523. The number of halogens is 2. The Kier molecular flexibility index (Phi) is 3.50. The highest BCUT2D eigenvalue weighted by atomic mass is 35.5. The first-order chi connectivity index (χ1) is 8.09. The number of rotatable bonds is 3. The molecule has 1 aromatic carbocycles. The molecule has 0 saturated heterocycles. The minimum atomic E-state index is -0.416. The summed E-state index contributed by atoms with van der Waals surface area (Å²) in [7, 11) is 0. The fourth-order valence-corrected chi connectivity index (χ4v) is 2.04. The Hall–Kier alpha value is -1.32. The standard InChI is InChI=1S/C13H13ClFNO/c1-8-10(5-6-17-8)12(16)7-9-3-2-4-11(15)13(9)14/h2-6,12H,7,16H2,1H3. The van der Waals surface area contributed by atoms with Crippen molar-refractivity contribution in [3.63, 3.8) is 0 Å². The lowest BCUT2D eigenvalue weighted by atomic mass is 10.0. The van der Waals surface area contributed by atoms with Crippen LogP contribution in [0.2, 0.25) is 5.02 Å². The quantitative estimate of drug-likeness (QED) is 0.907. The van der Waals surface area contributed by atoms with Crippen LogP contribution in [0.25, 0.3) is 0 Å². The maximum atomic E-state index is 13.3. The third-order valence-corrected chi connectivity index (χ3v) is 3.19. The number of hydrogen-bond donors (Lipinski definition) is 1. The molecule has 90 valence electrons. The maximum Gasteiger partial charge on any atom is 0.142 e. The Bertz CT molecular complexity index is 524. The van der Waals surface area contributed by atoms with Crippen molar-refractivity contribution in [2.45, 2.75) is 19.4 Å². The average molecular weight is 254 g/mol. The molecule has 17 heavy (non-hydrogen) atoms. The topological polar surface area (TPSA) is 39.2 Å². The van der Waals surface area contributed by atoms with Gasteiger partial charge in [0, 0.05) is 11.6 Å². The molecule has 0 radical (unpaired) electrons. The lowest BCUT2D eigenvalue weighted by Crippen LogP contribution is -2.14. The summed E-state index contributed by atoms with van der Waals surface area (Å²) in [5.74, 6) is 0.366. The van der Waals surface area contributed by atoms with Crippen LogP contribution in [0, 0.1) is 12.7 Å². The first kappa shape index (κ1) is 12.1. The van der Waals surface area contributed by atoms with E-state index >= 15 is 0 Å². The van der Waals surface area contributed by atoms with Gasteiger partial charge >= 0.3 is 0 Å². The summed E-state index contributed by atoms with van der Waals surface area (Å²) < 4.78 is 18.5. The molecule has 0 aliphatic rings. The van der Waals surface area contributed by atoms with Crippen molar-refractivity contribution >= 4 is 11.6 Å². The molecule has 0 aliphatic carbocycles. The van der Waals surface area contributed by atoms with Gasteiger partial charge in [0.15, 0.2) is 0 Å². The van der Waals surface area contributed by atoms with Crippen LogP contribution < -0.4 is 5.73 Å². The van der Waals surface area contributed by atoms with Gasteiger partial charge in [-0.25, -0.2) is 4.39 Å². The van der Waals surface area contributed by atoms with Gasteiger partial charge in [-0.2, -0.15) is 0 Å². The Morgan fingerprint density at radius 2 is 2.18 bits per heavy atom. The molecule has 1 heterocycles. The summed E-state index contributed by atoms with van der Waals surface area (Å²) in [5, 5.41) is 0.143. The third kappa shape index (κ3) is 2.51. The lowest BCUT2D eigenvalue weighted by Gasteiger charge is -2.12. The Morgan fingerprint density at radius 3 is 2.82 bits per heavy atom. The molecule has 0 fully saturated rings. The molecule has 0 amide bonds. The average Bonchev–Trinajstić information content (AvgIpc) is 2.71. The Morgan fingerprint density at radius 1 is 1.41 bits per heavy atom. The van der Waals surface area contributed by atoms with Crippen LogP contribution in [-0.4, -0.2) is 0 Å². The normalized spacial score (nSPS) is 12.7. The zero-order valence-corrected chi connectivity index (χ0v) is 10.2. The predicted octanol–water partition coefficient (Wildman–Crippen LogP) is 3.62. The van der Waals surface area contributed by atoms with Crippen LogP contribution in [0.4, 0.5) is 4.39 Å². The van der Waals surface area contributed by atoms with E-state index in [9.17, 15) is 4.39 Å². The van der Waals surface area contributed by atoms with E-state index in [0.29, 0.717) is 12.0 Å². The summed E-state index contributed by atoms with van der Waals surface area (Å²) in [6, 6.07) is 6.33. The highest BCUT2D eigenvalue weighted by Gasteiger charge is 2.14. The van der Waals surface area contributed by atoms with Gasteiger partial charge in [-0.3, -0.25) is 0 Å². The second-order valence-corrected chi connectivity index (χ2v) is 4.33. The first-order valence-corrected chi connectivity index (χ1v) is 5.70. The SMILES string of the molecule is Cc1occc1C(N)Cc1cccc(F)c1Cl. The predicted molar refractivity (Wildman–Crippen MR) is 65.5 cm³/mol. The zero-order chi connectivity index (χ0) is 12.4. The number of furan rings is 1. The van der Waals surface area contributed by atoms with Crippen molar-refractivity contribution < 1.29 is 8.81 Å². The van der Waals surface area contributed by atoms with Crippen molar-refractivity contribution in [3.8, 4) is 0 Å². The third-order valence-electron chi connectivity index (χ3n) is 2.77. The van der Waals surface area contributed by atoms with E-state index in [1.165, 1.54) is 6.07 Å². The van der Waals surface area contributed by atoms with E-state index in [-0.39, 0.29) is 11.1 Å². The number of hydrogen-bond acceptors (Lipinski definition) is 2. The molecular formula is C13H13ClFNO. The first-order valence-electron chi connectivity index (χ1n) is 5.32. The van der Waals surface area contributed by atoms with Gasteiger partial charge in [-0.1, -0.05) is 23.7 Å². The summed E-state index contributed by atoms with van der Waals surface area (Å²) >= 11 is 5.88. The fourth-order valence-electron chi connectivity index (χ4n) is 1.83. The Balaban J connectivity index is 2.22. The molecule has 2 rings (SSSR count). The monoisotopic (exact) mass is 253 g/mol. The van der Waals surface area contributed by atoms with E-state index in [2.05, 4.69) is 0 Å². The van der Waals surface area contributed by atoms with Crippen molar-refractivity contribution in [1.29, 1.82) is 0 Å². The van der Waals surface area contributed by atoms with Crippen molar-refractivity contribution in [2.75, 3.05) is 0 Å². The molecule has 1 atom stereocenters. The van der Waals surface area contributed by atoms with Crippen LogP contribution in [0.5, 0.6) is 0 Å². The maximum absolute atomic E-state index is 13.3. The largest absolute Gasteiger partial charge is 0.469 e. The van der Waals surface area contributed by atoms with Crippen LogP contribution in [0.3, 0.4) is 0 Å². The molecule has 0 aliphatic heterocycles. The van der Waals surface area contributed by atoms with Crippen LogP contribution in [-0.2, 0) is 6.42 Å². The van der Waals surface area contributed by atoms with Crippen molar-refractivity contribution in [3.05, 3.63) is 58.3 Å². The molecule has 0 spiro atoms. The van der Waals surface area contributed by atoms with E-state index in [0.717, 1.165) is 11.3 Å². The van der Waals surface area contributed by atoms with Gasteiger partial charge in [0.25, 0.3) is 0 Å². The highest BCUT2D eigenvalue weighted by Crippen LogP contribution is 2.26. The number of aryl methyl sites for hydroxylation is 1. The van der Waals surface area contributed by atoms with E-state index in [4.69, 9.17) is 21.8 Å². The molecule has 2 nitrogen and oxygen atoms in total.